The van der Waals surface area contributed by atoms with Gasteiger partial charge in [0.05, 0.1) is 6.10 Å². The van der Waals surface area contributed by atoms with Gasteiger partial charge in [-0.25, -0.2) is 0 Å². The minimum atomic E-state index is 0.0238. The molecule has 3 atom stereocenters. The van der Waals surface area contributed by atoms with Crippen LogP contribution in [0.5, 0.6) is 0 Å². The molecule has 1 saturated carbocycles. The van der Waals surface area contributed by atoms with Crippen molar-refractivity contribution in [2.45, 2.75) is 24.5 Å². The van der Waals surface area contributed by atoms with Gasteiger partial charge in [0.25, 0.3) is 0 Å². The first-order chi connectivity index (χ1) is 6.21. The minimum Gasteiger partial charge on any atom is -0.379 e. The van der Waals surface area contributed by atoms with Gasteiger partial charge in [-0.1, -0.05) is 37.3 Å². The maximum absolute atomic E-state index is 5.96. The molecule has 2 N–H and O–H groups in total. The van der Waals surface area contributed by atoms with Crippen molar-refractivity contribution in [2.24, 2.45) is 5.73 Å². The third-order valence-corrected chi connectivity index (χ3v) is 3.15. The standard InChI is InChI=1S/C11H15NO/c1-11(9(12)10(11)13-2)8-6-4-3-5-7-8/h3-7,9-10H,12H2,1-2H3/t9-,10-,11+/m1/s1. The molecule has 0 heterocycles. The monoisotopic (exact) mass is 177 g/mol. The van der Waals surface area contributed by atoms with Crippen LogP contribution in [0.15, 0.2) is 30.3 Å². The number of ether oxygens (including phenoxy) is 1. The van der Waals surface area contributed by atoms with E-state index in [0.29, 0.717) is 0 Å². The largest absolute Gasteiger partial charge is 0.379 e. The Kier molecular flexibility index (Phi) is 1.90. The summed E-state index contributed by atoms with van der Waals surface area (Å²) in [6, 6.07) is 10.5. The lowest BCUT2D eigenvalue weighted by Gasteiger charge is -2.10. The summed E-state index contributed by atoms with van der Waals surface area (Å²) < 4.78 is 5.32. The highest BCUT2D eigenvalue weighted by molar-refractivity contribution is 5.39. The summed E-state index contributed by atoms with van der Waals surface area (Å²) in [6.07, 6.45) is 0.176. The van der Waals surface area contributed by atoms with E-state index in [0.717, 1.165) is 0 Å². The lowest BCUT2D eigenvalue weighted by molar-refractivity contribution is 0.162. The number of nitrogens with two attached hydrogens (primary N) is 1. The SMILES string of the molecule is CO[C@@H]1[C@@H](N)[C@]1(C)c1ccccc1. The van der Waals surface area contributed by atoms with Crippen LogP contribution in [-0.2, 0) is 10.2 Å². The average Bonchev–Trinajstić information content (AvgIpc) is 2.72. The second kappa shape index (κ2) is 2.82. The Morgan fingerprint density at radius 1 is 1.31 bits per heavy atom. The molecular weight excluding hydrogens is 162 g/mol. The maximum Gasteiger partial charge on any atom is 0.0841 e. The van der Waals surface area contributed by atoms with E-state index in [4.69, 9.17) is 10.5 Å². The molecule has 0 bridgehead atoms. The summed E-state index contributed by atoms with van der Waals surface area (Å²) in [5, 5.41) is 0. The Labute approximate surface area is 78.7 Å². The van der Waals surface area contributed by atoms with E-state index in [2.05, 4.69) is 19.1 Å². The highest BCUT2D eigenvalue weighted by Crippen LogP contribution is 2.48. The number of rotatable bonds is 2. The van der Waals surface area contributed by atoms with E-state index in [-0.39, 0.29) is 17.6 Å². The number of benzene rings is 1. The molecule has 0 aliphatic heterocycles. The number of hydrogen-bond donors (Lipinski definition) is 1. The van der Waals surface area contributed by atoms with Crippen molar-refractivity contribution in [3.05, 3.63) is 35.9 Å². The fourth-order valence-electron chi connectivity index (χ4n) is 2.05. The van der Waals surface area contributed by atoms with Crippen LogP contribution in [0.25, 0.3) is 0 Å². The Hall–Kier alpha value is -0.860. The van der Waals surface area contributed by atoms with Crippen LogP contribution < -0.4 is 5.73 Å². The van der Waals surface area contributed by atoms with Gasteiger partial charge in [0.2, 0.25) is 0 Å². The first-order valence-corrected chi connectivity index (χ1v) is 4.55. The third kappa shape index (κ3) is 1.10. The lowest BCUT2D eigenvalue weighted by atomic mass is 9.97. The molecule has 0 saturated heterocycles. The quantitative estimate of drug-likeness (QED) is 0.739. The van der Waals surface area contributed by atoms with Crippen molar-refractivity contribution in [1.29, 1.82) is 0 Å². The predicted octanol–water partition coefficient (Wildman–Crippen LogP) is 1.30. The molecule has 2 rings (SSSR count). The fraction of sp³-hybridized carbons (Fsp3) is 0.455. The van der Waals surface area contributed by atoms with Crippen LogP contribution in [-0.4, -0.2) is 19.3 Å². The van der Waals surface area contributed by atoms with Crippen LogP contribution >= 0.6 is 0 Å². The molecule has 1 fully saturated rings. The smallest absolute Gasteiger partial charge is 0.0841 e. The minimum absolute atomic E-state index is 0.0238. The van der Waals surface area contributed by atoms with Gasteiger partial charge in [-0.15, -0.1) is 0 Å². The van der Waals surface area contributed by atoms with Crippen molar-refractivity contribution in [3.8, 4) is 0 Å². The van der Waals surface area contributed by atoms with Crippen LogP contribution in [0.4, 0.5) is 0 Å². The van der Waals surface area contributed by atoms with Crippen molar-refractivity contribution in [3.63, 3.8) is 0 Å². The molecule has 1 aromatic rings. The van der Waals surface area contributed by atoms with Gasteiger partial charge in [-0.2, -0.15) is 0 Å². The Balaban J connectivity index is 2.29. The molecule has 2 heteroatoms. The third-order valence-electron chi connectivity index (χ3n) is 3.15. The van der Waals surface area contributed by atoms with Gasteiger partial charge in [-0.3, -0.25) is 0 Å². The maximum atomic E-state index is 5.96. The summed E-state index contributed by atoms with van der Waals surface area (Å²) in [5.74, 6) is 0. The van der Waals surface area contributed by atoms with Crippen molar-refractivity contribution >= 4 is 0 Å². The van der Waals surface area contributed by atoms with Crippen LogP contribution in [0, 0.1) is 0 Å². The van der Waals surface area contributed by atoms with Crippen LogP contribution in [0.2, 0.25) is 0 Å². The van der Waals surface area contributed by atoms with E-state index in [1.165, 1.54) is 5.56 Å². The van der Waals surface area contributed by atoms with Crippen molar-refractivity contribution in [1.82, 2.24) is 0 Å². The second-order valence-corrected chi connectivity index (χ2v) is 3.83. The zero-order valence-electron chi connectivity index (χ0n) is 8.03. The first-order valence-electron chi connectivity index (χ1n) is 4.55. The molecule has 2 nitrogen and oxygen atoms in total. The summed E-state index contributed by atoms with van der Waals surface area (Å²) in [5.41, 5.74) is 7.26. The molecule has 0 amide bonds. The number of hydrogen-bond acceptors (Lipinski definition) is 2. The molecule has 0 unspecified atom stereocenters. The highest BCUT2D eigenvalue weighted by atomic mass is 16.5. The molecule has 70 valence electrons. The zero-order valence-corrected chi connectivity index (χ0v) is 8.03. The summed E-state index contributed by atoms with van der Waals surface area (Å²) in [7, 11) is 1.72. The lowest BCUT2D eigenvalue weighted by Crippen LogP contribution is -2.14. The summed E-state index contributed by atoms with van der Waals surface area (Å²) in [6.45, 7) is 2.15. The molecule has 13 heavy (non-hydrogen) atoms. The predicted molar refractivity (Wildman–Crippen MR) is 52.6 cm³/mol. The molecular formula is C11H15NO. The summed E-state index contributed by atoms with van der Waals surface area (Å²) >= 11 is 0. The Bertz CT molecular complexity index is 298. The Morgan fingerprint density at radius 2 is 1.92 bits per heavy atom. The Morgan fingerprint density at radius 3 is 2.38 bits per heavy atom. The van der Waals surface area contributed by atoms with Gasteiger partial charge < -0.3 is 10.5 Å². The average molecular weight is 177 g/mol. The molecule has 1 aliphatic rings. The zero-order chi connectivity index (χ0) is 9.47. The second-order valence-electron chi connectivity index (χ2n) is 3.83. The van der Waals surface area contributed by atoms with Crippen LogP contribution in [0.3, 0.4) is 0 Å². The van der Waals surface area contributed by atoms with E-state index in [1.807, 2.05) is 18.2 Å². The summed E-state index contributed by atoms with van der Waals surface area (Å²) in [4.78, 5) is 0. The fourth-order valence-corrected chi connectivity index (χ4v) is 2.05. The van der Waals surface area contributed by atoms with Crippen molar-refractivity contribution < 1.29 is 4.74 Å². The molecule has 0 aromatic heterocycles. The highest BCUT2D eigenvalue weighted by Gasteiger charge is 2.61. The molecule has 1 aliphatic carbocycles. The normalized spacial score (nSPS) is 37.5. The van der Waals surface area contributed by atoms with E-state index in [1.54, 1.807) is 7.11 Å². The van der Waals surface area contributed by atoms with Gasteiger partial charge in [0, 0.05) is 18.6 Å². The molecule has 0 spiro atoms. The van der Waals surface area contributed by atoms with Gasteiger partial charge in [-0.05, 0) is 5.56 Å². The van der Waals surface area contributed by atoms with Gasteiger partial charge in [0.1, 0.15) is 0 Å². The van der Waals surface area contributed by atoms with Gasteiger partial charge >= 0.3 is 0 Å². The molecule has 0 radical (unpaired) electrons. The molecule has 1 aromatic carbocycles. The van der Waals surface area contributed by atoms with Crippen LogP contribution in [0.1, 0.15) is 12.5 Å². The van der Waals surface area contributed by atoms with E-state index >= 15 is 0 Å². The van der Waals surface area contributed by atoms with E-state index < -0.39 is 0 Å². The van der Waals surface area contributed by atoms with E-state index in [9.17, 15) is 0 Å². The van der Waals surface area contributed by atoms with Crippen molar-refractivity contribution in [2.75, 3.05) is 7.11 Å². The van der Waals surface area contributed by atoms with Gasteiger partial charge in [0.15, 0.2) is 0 Å². The topological polar surface area (TPSA) is 35.2 Å². The number of methoxy groups -OCH3 is 1. The first kappa shape index (κ1) is 8.73.